The van der Waals surface area contributed by atoms with Gasteiger partial charge >= 0.3 is 0 Å². The lowest BCUT2D eigenvalue weighted by atomic mass is 10.1. The van der Waals surface area contributed by atoms with Crippen LogP contribution in [0, 0.1) is 0 Å². The van der Waals surface area contributed by atoms with Gasteiger partial charge in [-0.05, 0) is 25.0 Å². The molecular weight excluding hydrogens is 202 g/mol. The van der Waals surface area contributed by atoms with Crippen LogP contribution < -0.4 is 5.73 Å². The summed E-state index contributed by atoms with van der Waals surface area (Å²) in [4.78, 5) is 0. The van der Waals surface area contributed by atoms with Crippen LogP contribution in [-0.4, -0.2) is 19.3 Å². The highest BCUT2D eigenvalue weighted by atomic mass is 16.5. The second-order valence-electron chi connectivity index (χ2n) is 3.75. The molecule has 1 unspecified atom stereocenters. The minimum atomic E-state index is 0.116. The summed E-state index contributed by atoms with van der Waals surface area (Å²) >= 11 is 0. The second-order valence-corrected chi connectivity index (χ2v) is 3.75. The summed E-state index contributed by atoms with van der Waals surface area (Å²) in [6.45, 7) is 6.52. The molecule has 0 saturated carbocycles. The van der Waals surface area contributed by atoms with Gasteiger partial charge < -0.3 is 15.2 Å². The van der Waals surface area contributed by atoms with Crippen molar-refractivity contribution < 1.29 is 9.47 Å². The van der Waals surface area contributed by atoms with Crippen LogP contribution in [0.3, 0.4) is 0 Å². The van der Waals surface area contributed by atoms with Crippen molar-refractivity contribution in [3.8, 4) is 0 Å². The lowest BCUT2D eigenvalue weighted by Gasteiger charge is -2.14. The Labute approximate surface area is 97.6 Å². The van der Waals surface area contributed by atoms with E-state index < -0.39 is 0 Å². The van der Waals surface area contributed by atoms with Crippen molar-refractivity contribution in [2.24, 2.45) is 5.73 Å². The molecular formula is C13H21NO2. The standard InChI is InChI=1S/C13H21NO2/c1-3-15-9-11(2)16-10-13-7-5-4-6-12(13)8-14/h4-7,11H,3,8-10,14H2,1-2H3. The van der Waals surface area contributed by atoms with Gasteiger partial charge in [0.1, 0.15) is 0 Å². The molecule has 1 atom stereocenters. The zero-order chi connectivity index (χ0) is 11.8. The van der Waals surface area contributed by atoms with E-state index in [0.717, 1.165) is 17.7 Å². The van der Waals surface area contributed by atoms with Crippen LogP contribution in [0.5, 0.6) is 0 Å². The Bertz CT molecular complexity index is 302. The molecule has 1 aromatic rings. The van der Waals surface area contributed by atoms with Crippen molar-refractivity contribution in [2.45, 2.75) is 33.1 Å². The van der Waals surface area contributed by atoms with E-state index in [9.17, 15) is 0 Å². The number of nitrogens with two attached hydrogens (primary N) is 1. The van der Waals surface area contributed by atoms with E-state index in [1.807, 2.05) is 32.0 Å². The number of benzene rings is 1. The zero-order valence-corrected chi connectivity index (χ0v) is 10.1. The summed E-state index contributed by atoms with van der Waals surface area (Å²) in [5.74, 6) is 0. The molecule has 3 nitrogen and oxygen atoms in total. The molecule has 0 heterocycles. The maximum Gasteiger partial charge on any atom is 0.0785 e. The maximum absolute atomic E-state index is 5.69. The van der Waals surface area contributed by atoms with Crippen molar-refractivity contribution >= 4 is 0 Å². The van der Waals surface area contributed by atoms with Gasteiger partial charge in [0.05, 0.1) is 19.3 Å². The maximum atomic E-state index is 5.69. The molecule has 0 spiro atoms. The third kappa shape index (κ3) is 4.31. The van der Waals surface area contributed by atoms with Crippen LogP contribution in [-0.2, 0) is 22.6 Å². The van der Waals surface area contributed by atoms with Crippen LogP contribution in [0.15, 0.2) is 24.3 Å². The Morgan fingerprint density at radius 2 is 1.94 bits per heavy atom. The topological polar surface area (TPSA) is 44.5 Å². The molecule has 0 bridgehead atoms. The van der Waals surface area contributed by atoms with E-state index in [0.29, 0.717) is 19.8 Å². The Morgan fingerprint density at radius 1 is 1.25 bits per heavy atom. The molecule has 0 radical (unpaired) electrons. The first-order chi connectivity index (χ1) is 7.77. The molecule has 90 valence electrons. The van der Waals surface area contributed by atoms with Crippen molar-refractivity contribution in [1.82, 2.24) is 0 Å². The van der Waals surface area contributed by atoms with E-state index in [1.165, 1.54) is 0 Å². The predicted octanol–water partition coefficient (Wildman–Crippen LogP) is 2.09. The van der Waals surface area contributed by atoms with Gasteiger partial charge in [0.15, 0.2) is 0 Å². The fraction of sp³-hybridized carbons (Fsp3) is 0.538. The summed E-state index contributed by atoms with van der Waals surface area (Å²) < 4.78 is 11.0. The Hall–Kier alpha value is -0.900. The van der Waals surface area contributed by atoms with E-state index in [-0.39, 0.29) is 6.10 Å². The van der Waals surface area contributed by atoms with Gasteiger partial charge in [-0.15, -0.1) is 0 Å². The minimum Gasteiger partial charge on any atom is -0.379 e. The number of rotatable bonds is 7. The normalized spacial score (nSPS) is 12.7. The SMILES string of the molecule is CCOCC(C)OCc1ccccc1CN. The van der Waals surface area contributed by atoms with Crippen LogP contribution >= 0.6 is 0 Å². The van der Waals surface area contributed by atoms with Gasteiger partial charge in [-0.25, -0.2) is 0 Å². The van der Waals surface area contributed by atoms with Crippen LogP contribution in [0.2, 0.25) is 0 Å². The largest absolute Gasteiger partial charge is 0.379 e. The number of ether oxygens (including phenoxy) is 2. The quantitative estimate of drug-likeness (QED) is 0.769. The summed E-state index contributed by atoms with van der Waals surface area (Å²) in [5, 5.41) is 0. The molecule has 0 saturated heterocycles. The molecule has 3 heteroatoms. The van der Waals surface area contributed by atoms with E-state index in [1.54, 1.807) is 0 Å². The molecule has 2 N–H and O–H groups in total. The number of hydrogen-bond donors (Lipinski definition) is 1. The van der Waals surface area contributed by atoms with Crippen LogP contribution in [0.1, 0.15) is 25.0 Å². The third-order valence-corrected chi connectivity index (χ3v) is 2.42. The lowest BCUT2D eigenvalue weighted by Crippen LogP contribution is -2.16. The fourth-order valence-corrected chi connectivity index (χ4v) is 1.46. The van der Waals surface area contributed by atoms with Gasteiger partial charge in [-0.2, -0.15) is 0 Å². The summed E-state index contributed by atoms with van der Waals surface area (Å²) in [5.41, 5.74) is 7.96. The van der Waals surface area contributed by atoms with Crippen molar-refractivity contribution in [3.05, 3.63) is 35.4 Å². The Morgan fingerprint density at radius 3 is 2.56 bits per heavy atom. The van der Waals surface area contributed by atoms with E-state index in [2.05, 4.69) is 6.07 Å². The fourth-order valence-electron chi connectivity index (χ4n) is 1.46. The highest BCUT2D eigenvalue weighted by molar-refractivity contribution is 5.26. The number of hydrogen-bond acceptors (Lipinski definition) is 3. The molecule has 1 rings (SSSR count). The van der Waals surface area contributed by atoms with Crippen LogP contribution in [0.25, 0.3) is 0 Å². The second kappa shape index (κ2) is 7.39. The molecule has 0 aromatic heterocycles. The average molecular weight is 223 g/mol. The van der Waals surface area contributed by atoms with Crippen molar-refractivity contribution in [3.63, 3.8) is 0 Å². The smallest absolute Gasteiger partial charge is 0.0785 e. The zero-order valence-electron chi connectivity index (χ0n) is 10.1. The molecule has 1 aromatic carbocycles. The predicted molar refractivity (Wildman–Crippen MR) is 65.1 cm³/mol. The van der Waals surface area contributed by atoms with E-state index >= 15 is 0 Å². The third-order valence-electron chi connectivity index (χ3n) is 2.42. The van der Waals surface area contributed by atoms with Gasteiger partial charge in [-0.1, -0.05) is 24.3 Å². The monoisotopic (exact) mass is 223 g/mol. The average Bonchev–Trinajstić information content (AvgIpc) is 2.34. The Balaban J connectivity index is 2.41. The van der Waals surface area contributed by atoms with Gasteiger partial charge in [0.2, 0.25) is 0 Å². The van der Waals surface area contributed by atoms with Crippen LogP contribution in [0.4, 0.5) is 0 Å². The van der Waals surface area contributed by atoms with Gasteiger partial charge in [-0.3, -0.25) is 0 Å². The summed E-state index contributed by atoms with van der Waals surface area (Å²) in [6, 6.07) is 8.09. The first-order valence-electron chi connectivity index (χ1n) is 5.74. The first-order valence-corrected chi connectivity index (χ1v) is 5.74. The highest BCUT2D eigenvalue weighted by Crippen LogP contribution is 2.10. The Kier molecular flexibility index (Phi) is 6.08. The van der Waals surface area contributed by atoms with Crippen molar-refractivity contribution in [1.29, 1.82) is 0 Å². The minimum absolute atomic E-state index is 0.116. The van der Waals surface area contributed by atoms with Gasteiger partial charge in [0.25, 0.3) is 0 Å². The summed E-state index contributed by atoms with van der Waals surface area (Å²) in [7, 11) is 0. The molecule has 0 fully saturated rings. The first kappa shape index (κ1) is 13.2. The lowest BCUT2D eigenvalue weighted by molar-refractivity contribution is -0.0118. The molecule has 0 aliphatic heterocycles. The van der Waals surface area contributed by atoms with E-state index in [4.69, 9.17) is 15.2 Å². The molecule has 0 aliphatic carbocycles. The van der Waals surface area contributed by atoms with Crippen molar-refractivity contribution in [2.75, 3.05) is 13.2 Å². The molecule has 16 heavy (non-hydrogen) atoms. The van der Waals surface area contributed by atoms with Gasteiger partial charge in [0, 0.05) is 13.2 Å². The summed E-state index contributed by atoms with van der Waals surface area (Å²) in [6.07, 6.45) is 0.116. The highest BCUT2D eigenvalue weighted by Gasteiger charge is 2.04. The molecule has 0 amide bonds. The molecule has 0 aliphatic rings.